The maximum Gasteiger partial charge on any atom is 0.123 e. The molecule has 0 spiro atoms. The first kappa shape index (κ1) is 28.9. The average Bonchev–Trinajstić information content (AvgIpc) is 2.49. The van der Waals surface area contributed by atoms with E-state index in [9.17, 15) is 0 Å². The molecule has 7 N–H and O–H groups in total. The Bertz CT molecular complexity index is 578. The number of aromatic nitrogens is 2. The van der Waals surface area contributed by atoms with Gasteiger partial charge in [-0.1, -0.05) is 33.4 Å². The Morgan fingerprint density at radius 2 is 1.15 bits per heavy atom. The van der Waals surface area contributed by atoms with Crippen LogP contribution in [0.5, 0.6) is 0 Å². The fraction of sp³-hybridized carbons (Fsp3) is 0.474. The molecule has 0 aliphatic carbocycles. The summed E-state index contributed by atoms with van der Waals surface area (Å²) in [4.78, 5) is 8.27. The minimum atomic E-state index is 0. The Kier molecular flexibility index (Phi) is 15.9. The van der Waals surface area contributed by atoms with Gasteiger partial charge in [0.15, 0.2) is 0 Å². The van der Waals surface area contributed by atoms with Gasteiger partial charge in [-0.25, -0.2) is 9.97 Å². The molecule has 1 unspecified atom stereocenters. The molecule has 0 radical (unpaired) electrons. The highest BCUT2D eigenvalue weighted by Crippen LogP contribution is 2.17. The van der Waals surface area contributed by atoms with Crippen molar-refractivity contribution >= 4 is 24.0 Å². The Hall–Kier alpha value is -1.89. The first-order chi connectivity index (χ1) is 11.2. The van der Waals surface area contributed by atoms with E-state index in [0.29, 0.717) is 17.6 Å². The van der Waals surface area contributed by atoms with Crippen molar-refractivity contribution in [2.24, 2.45) is 5.73 Å². The summed E-state index contributed by atoms with van der Waals surface area (Å²) in [6, 6.07) is 7.61. The Balaban J connectivity index is -0.000000347. The minimum absolute atomic E-state index is 0. The van der Waals surface area contributed by atoms with Crippen molar-refractivity contribution in [2.75, 3.05) is 18.6 Å². The molecule has 26 heavy (non-hydrogen) atoms. The Labute approximate surface area is 164 Å². The van der Waals surface area contributed by atoms with Gasteiger partial charge in [0.1, 0.15) is 11.6 Å². The summed E-state index contributed by atoms with van der Waals surface area (Å²) in [5, 5.41) is 7.00. The van der Waals surface area contributed by atoms with Crippen LogP contribution in [0.1, 0.15) is 62.7 Å². The van der Waals surface area contributed by atoms with Crippen LogP contribution in [0, 0.1) is 13.8 Å². The van der Waals surface area contributed by atoms with E-state index in [4.69, 9.17) is 22.3 Å². The third-order valence-corrected chi connectivity index (χ3v) is 3.41. The number of anilines is 2. The number of pyridine rings is 2. The first-order valence-corrected chi connectivity index (χ1v) is 7.88. The molecule has 0 saturated heterocycles. The number of hydrogen-bond donors (Lipinski definition) is 4. The van der Waals surface area contributed by atoms with E-state index in [2.05, 4.69) is 23.8 Å². The van der Waals surface area contributed by atoms with Crippen LogP contribution >= 0.6 is 12.4 Å². The van der Waals surface area contributed by atoms with Gasteiger partial charge < -0.3 is 22.3 Å². The number of aryl methyl sites for hydroxylation is 2. The van der Waals surface area contributed by atoms with E-state index in [0.717, 1.165) is 24.1 Å². The number of aliphatic hydroxyl groups is 1. The molecule has 7 heteroatoms. The number of hydrogen-bond acceptors (Lipinski definition) is 6. The molecule has 0 aliphatic rings. The van der Waals surface area contributed by atoms with Gasteiger partial charge in [0, 0.05) is 24.5 Å². The molecule has 2 aromatic heterocycles. The summed E-state index contributed by atoms with van der Waals surface area (Å²) < 4.78 is 0. The SMILES string of the molecule is C.CO.Cc1nc(N)ccc1C(C)C.Cc1nc(N)ccc1C(C)N.Cl. The molecule has 150 valence electrons. The third-order valence-electron chi connectivity index (χ3n) is 3.41. The van der Waals surface area contributed by atoms with Gasteiger partial charge in [-0.3, -0.25) is 0 Å². The zero-order valence-corrected chi connectivity index (χ0v) is 16.8. The standard InChI is InChI=1S/C9H14N2.C8H13N3.CH4O.CH4.ClH/c1-6(2)8-4-5-9(10)11-7(8)3;1-5(9)7-3-4-8(10)11-6(7)2;1-2;;/h4-6H,1-3H3,(H2,10,11);3-5H,9H2,1-2H3,(H2,10,11);2H,1H3;1H4;1H. The highest BCUT2D eigenvalue weighted by Gasteiger charge is 2.04. The summed E-state index contributed by atoms with van der Waals surface area (Å²) in [6.45, 7) is 10.1. The van der Waals surface area contributed by atoms with E-state index in [-0.39, 0.29) is 25.9 Å². The summed E-state index contributed by atoms with van der Waals surface area (Å²) in [5.41, 5.74) is 21.0. The van der Waals surface area contributed by atoms with Gasteiger partial charge in [-0.15, -0.1) is 12.4 Å². The Morgan fingerprint density at radius 3 is 1.42 bits per heavy atom. The highest BCUT2D eigenvalue weighted by atomic mass is 35.5. The van der Waals surface area contributed by atoms with Crippen molar-refractivity contribution in [3.05, 3.63) is 46.8 Å². The van der Waals surface area contributed by atoms with Crippen LogP contribution in [-0.2, 0) is 0 Å². The quantitative estimate of drug-likeness (QED) is 0.623. The van der Waals surface area contributed by atoms with Gasteiger partial charge in [0.05, 0.1) is 0 Å². The topological polar surface area (TPSA) is 124 Å². The predicted octanol–water partition coefficient (Wildman–Crippen LogP) is 3.75. The van der Waals surface area contributed by atoms with Crippen LogP contribution < -0.4 is 17.2 Å². The molecule has 0 saturated carbocycles. The molecule has 2 aromatic rings. The lowest BCUT2D eigenvalue weighted by molar-refractivity contribution is 0.399. The van der Waals surface area contributed by atoms with Gasteiger partial charge >= 0.3 is 0 Å². The monoisotopic (exact) mass is 385 g/mol. The largest absolute Gasteiger partial charge is 0.400 e. The molecule has 0 bridgehead atoms. The molecule has 0 aliphatic heterocycles. The molecular weight excluding hydrogens is 350 g/mol. The van der Waals surface area contributed by atoms with Crippen molar-refractivity contribution in [1.82, 2.24) is 9.97 Å². The first-order valence-electron chi connectivity index (χ1n) is 7.88. The van der Waals surface area contributed by atoms with Crippen molar-refractivity contribution in [1.29, 1.82) is 0 Å². The van der Waals surface area contributed by atoms with Crippen molar-refractivity contribution in [3.63, 3.8) is 0 Å². The number of halogens is 1. The van der Waals surface area contributed by atoms with Crippen LogP contribution in [0.4, 0.5) is 11.6 Å². The minimum Gasteiger partial charge on any atom is -0.400 e. The molecule has 0 aromatic carbocycles. The van der Waals surface area contributed by atoms with Crippen molar-refractivity contribution < 1.29 is 5.11 Å². The molecular formula is C19H36ClN5O. The van der Waals surface area contributed by atoms with Crippen LogP contribution in [-0.4, -0.2) is 22.2 Å². The van der Waals surface area contributed by atoms with Crippen LogP contribution in [0.3, 0.4) is 0 Å². The van der Waals surface area contributed by atoms with E-state index in [1.165, 1.54) is 5.56 Å². The van der Waals surface area contributed by atoms with Crippen molar-refractivity contribution in [2.45, 2.75) is 54.0 Å². The molecule has 2 rings (SSSR count). The van der Waals surface area contributed by atoms with Gasteiger partial charge in [-0.2, -0.15) is 0 Å². The maximum absolute atomic E-state index is 7.00. The Morgan fingerprint density at radius 1 is 0.808 bits per heavy atom. The van der Waals surface area contributed by atoms with E-state index < -0.39 is 0 Å². The lowest BCUT2D eigenvalue weighted by Gasteiger charge is -2.08. The molecule has 2 heterocycles. The smallest absolute Gasteiger partial charge is 0.123 e. The van der Waals surface area contributed by atoms with Crippen LogP contribution in [0.25, 0.3) is 0 Å². The molecule has 0 amide bonds. The third kappa shape index (κ3) is 9.56. The zero-order chi connectivity index (χ0) is 18.9. The molecule has 6 nitrogen and oxygen atoms in total. The number of nitrogens with two attached hydrogens (primary N) is 3. The molecule has 0 fully saturated rings. The lowest BCUT2D eigenvalue weighted by atomic mass is 10.0. The van der Waals surface area contributed by atoms with E-state index in [1.54, 1.807) is 6.07 Å². The summed E-state index contributed by atoms with van der Waals surface area (Å²) in [6.07, 6.45) is 0. The van der Waals surface area contributed by atoms with E-state index in [1.807, 2.05) is 39.0 Å². The van der Waals surface area contributed by atoms with Gasteiger partial charge in [-0.05, 0) is 49.9 Å². The second-order valence-corrected chi connectivity index (χ2v) is 5.76. The van der Waals surface area contributed by atoms with Gasteiger partial charge in [0.2, 0.25) is 0 Å². The van der Waals surface area contributed by atoms with E-state index >= 15 is 0 Å². The summed E-state index contributed by atoms with van der Waals surface area (Å²) >= 11 is 0. The van der Waals surface area contributed by atoms with Gasteiger partial charge in [0.25, 0.3) is 0 Å². The summed E-state index contributed by atoms with van der Waals surface area (Å²) in [7, 11) is 1.00. The number of nitrogens with zero attached hydrogens (tertiary/aromatic N) is 2. The normalized spacial score (nSPS) is 10.2. The highest BCUT2D eigenvalue weighted by molar-refractivity contribution is 5.85. The van der Waals surface area contributed by atoms with Crippen LogP contribution in [0.15, 0.2) is 24.3 Å². The number of nitrogen functional groups attached to an aromatic ring is 2. The lowest BCUT2D eigenvalue weighted by Crippen LogP contribution is -2.08. The molecule has 1 atom stereocenters. The van der Waals surface area contributed by atoms with Crippen molar-refractivity contribution in [3.8, 4) is 0 Å². The van der Waals surface area contributed by atoms with Crippen LogP contribution in [0.2, 0.25) is 0 Å². The fourth-order valence-corrected chi connectivity index (χ4v) is 2.27. The second kappa shape index (κ2) is 14.3. The fourth-order valence-electron chi connectivity index (χ4n) is 2.27. The number of aliphatic hydroxyl groups excluding tert-OH is 1. The zero-order valence-electron chi connectivity index (χ0n) is 15.9. The summed E-state index contributed by atoms with van der Waals surface area (Å²) in [5.74, 6) is 1.68. The second-order valence-electron chi connectivity index (χ2n) is 5.76. The number of rotatable bonds is 2. The maximum atomic E-state index is 7.00. The average molecular weight is 386 g/mol. The predicted molar refractivity (Wildman–Crippen MR) is 116 cm³/mol.